The second-order valence-electron chi connectivity index (χ2n) is 4.68. The molecule has 1 aromatic rings. The molecule has 0 bridgehead atoms. The third-order valence-corrected chi connectivity index (χ3v) is 3.23. The summed E-state index contributed by atoms with van der Waals surface area (Å²) in [7, 11) is 0. The third-order valence-electron chi connectivity index (χ3n) is 3.23. The van der Waals surface area contributed by atoms with Gasteiger partial charge in [-0.15, -0.1) is 0 Å². The van der Waals surface area contributed by atoms with Crippen molar-refractivity contribution >= 4 is 0 Å². The lowest BCUT2D eigenvalue weighted by atomic mass is 9.99. The largest absolute Gasteiger partial charge is 0.462 e. The van der Waals surface area contributed by atoms with Gasteiger partial charge in [-0.25, -0.2) is 8.78 Å². The topological polar surface area (TPSA) is 99.4 Å². The number of benzene rings is 1. The Hall–Kier alpha value is -1.32. The van der Waals surface area contributed by atoms with Crippen LogP contribution in [0.15, 0.2) is 24.3 Å². The quantitative estimate of drug-likeness (QED) is 0.615. The number of ether oxygens (including phenoxy) is 2. The van der Waals surface area contributed by atoms with Gasteiger partial charge in [-0.1, -0.05) is 0 Å². The molecular weight excluding hydrogens is 290 g/mol. The highest BCUT2D eigenvalue weighted by Crippen LogP contribution is 2.26. The van der Waals surface area contributed by atoms with Crippen molar-refractivity contribution in [3.63, 3.8) is 0 Å². The highest BCUT2D eigenvalue weighted by Gasteiger charge is 2.44. The zero-order chi connectivity index (χ0) is 15.6. The van der Waals surface area contributed by atoms with Crippen molar-refractivity contribution in [2.45, 2.75) is 37.1 Å². The molecule has 0 aliphatic carbocycles. The van der Waals surface area contributed by atoms with E-state index in [-0.39, 0.29) is 11.3 Å². The Labute approximate surface area is 119 Å². The van der Waals surface area contributed by atoms with Gasteiger partial charge in [0, 0.05) is 5.56 Å². The molecule has 21 heavy (non-hydrogen) atoms. The van der Waals surface area contributed by atoms with Gasteiger partial charge < -0.3 is 29.9 Å². The van der Waals surface area contributed by atoms with Gasteiger partial charge in [0.2, 0.25) is 6.29 Å². The van der Waals surface area contributed by atoms with Crippen LogP contribution in [-0.2, 0) is 4.74 Å². The van der Waals surface area contributed by atoms with Crippen molar-refractivity contribution in [2.75, 3.05) is 6.61 Å². The van der Waals surface area contributed by atoms with E-state index < -0.39 is 43.7 Å². The number of aliphatic hydroxyl groups excluding tert-OH is 4. The molecule has 2 rings (SSSR count). The molecule has 5 atom stereocenters. The zero-order valence-electron chi connectivity index (χ0n) is 10.8. The molecule has 0 amide bonds. The zero-order valence-corrected chi connectivity index (χ0v) is 10.8. The van der Waals surface area contributed by atoms with Crippen LogP contribution in [0.5, 0.6) is 5.75 Å². The average molecular weight is 306 g/mol. The fourth-order valence-corrected chi connectivity index (χ4v) is 1.99. The van der Waals surface area contributed by atoms with Crippen molar-refractivity contribution < 1.29 is 38.7 Å². The highest BCUT2D eigenvalue weighted by molar-refractivity contribution is 5.28. The fourth-order valence-electron chi connectivity index (χ4n) is 1.99. The fraction of sp³-hybridized carbons (Fsp3) is 0.538. The van der Waals surface area contributed by atoms with Crippen LogP contribution in [0.3, 0.4) is 0 Å². The summed E-state index contributed by atoms with van der Waals surface area (Å²) in [6.07, 6.45) is -9.61. The number of halogens is 2. The average Bonchev–Trinajstić information content (AvgIpc) is 2.48. The van der Waals surface area contributed by atoms with Crippen molar-refractivity contribution in [2.24, 2.45) is 0 Å². The monoisotopic (exact) mass is 306 g/mol. The first-order valence-corrected chi connectivity index (χ1v) is 6.29. The molecule has 8 heteroatoms. The normalized spacial score (nSPS) is 33.2. The predicted molar refractivity (Wildman–Crippen MR) is 65.8 cm³/mol. The summed E-state index contributed by atoms with van der Waals surface area (Å²) in [5.74, 6) is 0.142. The number of aliphatic hydroxyl groups is 4. The number of hydrogen-bond donors (Lipinski definition) is 4. The van der Waals surface area contributed by atoms with Crippen LogP contribution >= 0.6 is 0 Å². The molecule has 4 N–H and O–H groups in total. The number of alkyl halides is 2. The maximum Gasteiger partial charge on any atom is 0.263 e. The minimum Gasteiger partial charge on any atom is -0.462 e. The summed E-state index contributed by atoms with van der Waals surface area (Å²) in [4.78, 5) is 0. The van der Waals surface area contributed by atoms with Crippen molar-refractivity contribution in [3.8, 4) is 5.75 Å². The Morgan fingerprint density at radius 2 is 1.67 bits per heavy atom. The number of rotatable bonds is 4. The summed E-state index contributed by atoms with van der Waals surface area (Å²) in [5.41, 5.74) is -0.184. The maximum atomic E-state index is 12.4. The lowest BCUT2D eigenvalue weighted by molar-refractivity contribution is -0.277. The molecule has 0 spiro atoms. The molecule has 0 saturated carbocycles. The third kappa shape index (κ3) is 3.47. The molecule has 6 nitrogen and oxygen atoms in total. The van der Waals surface area contributed by atoms with Gasteiger partial charge in [0.15, 0.2) is 0 Å². The molecule has 1 aromatic carbocycles. The Balaban J connectivity index is 2.07. The van der Waals surface area contributed by atoms with E-state index in [2.05, 4.69) is 0 Å². The van der Waals surface area contributed by atoms with Crippen molar-refractivity contribution in [1.29, 1.82) is 0 Å². The second-order valence-corrected chi connectivity index (χ2v) is 4.68. The van der Waals surface area contributed by atoms with Crippen LogP contribution in [-0.4, -0.2) is 57.7 Å². The van der Waals surface area contributed by atoms with Crippen molar-refractivity contribution in [1.82, 2.24) is 0 Å². The van der Waals surface area contributed by atoms with Crippen LogP contribution in [0.1, 0.15) is 12.0 Å². The van der Waals surface area contributed by atoms with Gasteiger partial charge >= 0.3 is 0 Å². The predicted octanol–water partition coefficient (Wildman–Crippen LogP) is -0.197. The molecule has 1 saturated heterocycles. The summed E-state index contributed by atoms with van der Waals surface area (Å²) in [6, 6.07) is 4.85. The molecule has 1 fully saturated rings. The minimum atomic E-state index is -2.61. The molecule has 0 aromatic heterocycles. The van der Waals surface area contributed by atoms with Gasteiger partial charge in [-0.05, 0) is 24.3 Å². The van der Waals surface area contributed by atoms with Gasteiger partial charge in [0.05, 0.1) is 6.61 Å². The van der Waals surface area contributed by atoms with Crippen LogP contribution in [0.4, 0.5) is 8.78 Å². The van der Waals surface area contributed by atoms with E-state index in [9.17, 15) is 24.1 Å². The molecule has 1 aliphatic heterocycles. The summed E-state index contributed by atoms with van der Waals surface area (Å²) < 4.78 is 35.2. The van der Waals surface area contributed by atoms with Gasteiger partial charge in [0.1, 0.15) is 30.2 Å². The van der Waals surface area contributed by atoms with Crippen LogP contribution < -0.4 is 4.74 Å². The number of hydrogen-bond acceptors (Lipinski definition) is 6. The van der Waals surface area contributed by atoms with Crippen molar-refractivity contribution in [3.05, 3.63) is 29.8 Å². The summed E-state index contributed by atoms with van der Waals surface area (Å²) in [5, 5.41) is 38.0. The first-order valence-electron chi connectivity index (χ1n) is 6.29. The van der Waals surface area contributed by atoms with E-state index in [4.69, 9.17) is 14.6 Å². The maximum absolute atomic E-state index is 12.4. The molecule has 1 heterocycles. The first-order chi connectivity index (χ1) is 9.93. The SMILES string of the molecule is OCC1O[C@@H](Oc2ccc(C(F)F)cc2)C(O)[C@@H](O)[C@H]1O. The van der Waals surface area contributed by atoms with Gasteiger partial charge in [-0.2, -0.15) is 0 Å². The summed E-state index contributed by atoms with van der Waals surface area (Å²) >= 11 is 0. The molecular formula is C13H16F2O6. The first kappa shape index (κ1) is 16.1. The van der Waals surface area contributed by atoms with Crippen LogP contribution in [0.25, 0.3) is 0 Å². The van der Waals surface area contributed by atoms with Gasteiger partial charge in [-0.3, -0.25) is 0 Å². The lowest BCUT2D eigenvalue weighted by Gasteiger charge is -2.39. The molecule has 0 radical (unpaired) electrons. The second kappa shape index (κ2) is 6.63. The van der Waals surface area contributed by atoms with Crippen LogP contribution in [0, 0.1) is 0 Å². The van der Waals surface area contributed by atoms with E-state index >= 15 is 0 Å². The summed E-state index contributed by atoms with van der Waals surface area (Å²) in [6.45, 7) is -0.574. The highest BCUT2D eigenvalue weighted by atomic mass is 19.3. The Morgan fingerprint density at radius 1 is 1.05 bits per heavy atom. The lowest BCUT2D eigenvalue weighted by Crippen LogP contribution is -2.60. The minimum absolute atomic E-state index is 0.142. The van der Waals surface area contributed by atoms with Crippen LogP contribution in [0.2, 0.25) is 0 Å². The molecule has 118 valence electrons. The Morgan fingerprint density at radius 3 is 2.19 bits per heavy atom. The molecule has 1 aliphatic rings. The Kier molecular flexibility index (Phi) is 5.07. The smallest absolute Gasteiger partial charge is 0.263 e. The molecule has 2 unspecified atom stereocenters. The van der Waals surface area contributed by atoms with E-state index in [1.54, 1.807) is 0 Å². The van der Waals surface area contributed by atoms with E-state index in [0.717, 1.165) is 12.1 Å². The van der Waals surface area contributed by atoms with E-state index in [1.165, 1.54) is 12.1 Å². The Bertz CT molecular complexity index is 452. The van der Waals surface area contributed by atoms with Gasteiger partial charge in [0.25, 0.3) is 6.43 Å². The van der Waals surface area contributed by atoms with E-state index in [0.29, 0.717) is 0 Å². The van der Waals surface area contributed by atoms with E-state index in [1.807, 2.05) is 0 Å². The standard InChI is InChI=1S/C13H16F2O6/c14-12(15)6-1-3-7(4-2-6)20-13-11(19)10(18)9(17)8(5-16)21-13/h1-4,8-13,16-19H,5H2/t8?,9-,10-,11?,13+/m0/s1.